The molecular weight excluding hydrogens is 439 g/mol. The van der Waals surface area contributed by atoms with Crippen molar-refractivity contribution in [2.45, 2.75) is 36.1 Å². The molecule has 160 valence electrons. The second-order valence-electron chi connectivity index (χ2n) is 6.94. The summed E-state index contributed by atoms with van der Waals surface area (Å²) in [6.07, 6.45) is 0. The molecule has 2 amide bonds. The summed E-state index contributed by atoms with van der Waals surface area (Å²) < 4.78 is 9.11. The quantitative estimate of drug-likeness (QED) is 0.309. The molecule has 2 fully saturated rings. The molecule has 9 nitrogen and oxygen atoms in total. The third kappa shape index (κ3) is 6.67. The van der Waals surface area contributed by atoms with Gasteiger partial charge < -0.3 is 34.7 Å². The van der Waals surface area contributed by atoms with E-state index >= 15 is 0 Å². The number of aliphatic carboxylic acids is 1. The first kappa shape index (κ1) is 27.4. The van der Waals surface area contributed by atoms with Gasteiger partial charge in [-0.1, -0.05) is 18.2 Å². The first-order valence-corrected chi connectivity index (χ1v) is 9.88. The Hall–Kier alpha value is -0.664. The molecule has 2 saturated heterocycles. The molecule has 0 unspecified atom stereocenters. The molecule has 3 atom stereocenters. The van der Waals surface area contributed by atoms with Gasteiger partial charge in [-0.3, -0.25) is 9.59 Å². The molecule has 11 heteroatoms. The zero-order valence-corrected chi connectivity index (χ0v) is 21.4. The van der Waals surface area contributed by atoms with Crippen molar-refractivity contribution >= 4 is 29.5 Å². The molecule has 1 aromatic carbocycles. The molecular formula is C19H25KN2O7S. The number of β-lactam (4-membered cyclic amide) rings is 1. The van der Waals surface area contributed by atoms with E-state index < -0.39 is 40.0 Å². The van der Waals surface area contributed by atoms with E-state index in [0.717, 1.165) is 0 Å². The van der Waals surface area contributed by atoms with Crippen molar-refractivity contribution in [3.63, 3.8) is 0 Å². The second kappa shape index (κ2) is 12.4. The third-order valence-corrected chi connectivity index (χ3v) is 5.96. The number of methoxy groups -OCH3 is 1. The van der Waals surface area contributed by atoms with E-state index in [-0.39, 0.29) is 64.6 Å². The van der Waals surface area contributed by atoms with Crippen molar-refractivity contribution in [2.75, 3.05) is 26.9 Å². The Morgan fingerprint density at radius 3 is 2.43 bits per heavy atom. The van der Waals surface area contributed by atoms with Crippen LogP contribution in [0.3, 0.4) is 0 Å². The van der Waals surface area contributed by atoms with E-state index in [1.165, 1.54) is 16.7 Å². The normalized spacial score (nSPS) is 23.1. The average molecular weight is 465 g/mol. The molecule has 0 spiro atoms. The van der Waals surface area contributed by atoms with Crippen LogP contribution in [0.4, 0.5) is 0 Å². The fourth-order valence-electron chi connectivity index (χ4n) is 3.10. The van der Waals surface area contributed by atoms with Gasteiger partial charge in [0.15, 0.2) is 6.61 Å². The number of fused-ring (bicyclic) bond motifs is 1. The number of carboxylic acids is 1. The average Bonchev–Trinajstić information content (AvgIpc) is 2.94. The van der Waals surface area contributed by atoms with Gasteiger partial charge in [-0.25, -0.2) is 0 Å². The van der Waals surface area contributed by atoms with Crippen LogP contribution in [0, 0.1) is 0 Å². The number of carbonyl (C=O) groups is 3. The van der Waals surface area contributed by atoms with Crippen LogP contribution < -0.4 is 66.5 Å². The molecule has 2 N–H and O–H groups in total. The molecule has 0 aliphatic carbocycles. The molecule has 2 heterocycles. The first-order valence-electron chi connectivity index (χ1n) is 9.00. The van der Waals surface area contributed by atoms with Gasteiger partial charge in [0.05, 0.1) is 25.2 Å². The maximum Gasteiger partial charge on any atom is 1.00 e. The van der Waals surface area contributed by atoms with Gasteiger partial charge in [0.25, 0.3) is 5.91 Å². The number of aliphatic hydroxyl groups excluding tert-OH is 1. The predicted molar refractivity (Wildman–Crippen MR) is 104 cm³/mol. The van der Waals surface area contributed by atoms with Crippen molar-refractivity contribution < 1.29 is 85.5 Å². The summed E-state index contributed by atoms with van der Waals surface area (Å²) in [7, 11) is 1.55. The topological polar surface area (TPSA) is 128 Å². The van der Waals surface area contributed by atoms with Crippen LogP contribution in [0.25, 0.3) is 0 Å². The summed E-state index contributed by atoms with van der Waals surface area (Å²) in [5.74, 6) is -1.55. The van der Waals surface area contributed by atoms with Gasteiger partial charge in [-0.15, -0.1) is 11.8 Å². The summed E-state index contributed by atoms with van der Waals surface area (Å²) in [6.45, 7) is 3.86. The summed E-state index contributed by atoms with van der Waals surface area (Å²) in [5, 5.41) is 21.5. The van der Waals surface area contributed by atoms with Gasteiger partial charge in [0, 0.05) is 11.9 Å². The van der Waals surface area contributed by atoms with E-state index in [9.17, 15) is 19.5 Å². The maximum atomic E-state index is 12.2. The van der Waals surface area contributed by atoms with E-state index in [2.05, 4.69) is 10.1 Å². The largest absolute Gasteiger partial charge is 1.00 e. The number of para-hydroxylation sites is 1. The SMILES string of the molecule is CC1(C)S[C@@H]2[C@H](NC(=O)COc3ccccc3)C(=O)N2[C@H]1C(=O)[O-].COCCO.[K+]. The summed E-state index contributed by atoms with van der Waals surface area (Å²) in [5.41, 5.74) is 0. The number of ether oxygens (including phenoxy) is 2. The minimum absolute atomic E-state index is 0. The van der Waals surface area contributed by atoms with Crippen LogP contribution in [0.5, 0.6) is 5.75 Å². The first-order chi connectivity index (χ1) is 13.7. The number of thioether (sulfide) groups is 1. The summed E-state index contributed by atoms with van der Waals surface area (Å²) in [6, 6.07) is 7.14. The van der Waals surface area contributed by atoms with E-state index in [0.29, 0.717) is 12.4 Å². The van der Waals surface area contributed by atoms with Crippen LogP contribution in [-0.4, -0.2) is 76.9 Å². The third-order valence-electron chi connectivity index (χ3n) is 4.39. The number of rotatable bonds is 7. The molecule has 2 aliphatic heterocycles. The van der Waals surface area contributed by atoms with E-state index in [1.54, 1.807) is 45.2 Å². The predicted octanol–water partition coefficient (Wildman–Crippen LogP) is -4.01. The standard InChI is InChI=1S/C16H18N2O5S.C3H8O2.K/c1-16(2)12(15(21)22)18-13(20)11(14(18)24-16)17-10(19)8-23-9-6-4-3-5-7-9;1-5-3-2-4;/h3-7,11-12,14H,8H2,1-2H3,(H,17,19)(H,21,22);4H,2-3H2,1H3;/q;;+1/p-1/t11-,12+,14-;;/m1../s1. The number of hydrogen-bond acceptors (Lipinski definition) is 8. The van der Waals surface area contributed by atoms with E-state index in [1.807, 2.05) is 6.07 Å². The Bertz CT molecular complexity index is 733. The minimum atomic E-state index is -1.28. The Morgan fingerprint density at radius 2 is 1.93 bits per heavy atom. The van der Waals surface area contributed by atoms with Crippen molar-refractivity contribution in [3.8, 4) is 5.75 Å². The molecule has 1 aromatic rings. The maximum absolute atomic E-state index is 12.2. The number of hydrogen-bond donors (Lipinski definition) is 2. The van der Waals surface area contributed by atoms with Crippen molar-refractivity contribution in [1.29, 1.82) is 0 Å². The number of aliphatic hydroxyl groups is 1. The molecule has 3 rings (SSSR count). The Morgan fingerprint density at radius 1 is 1.30 bits per heavy atom. The van der Waals surface area contributed by atoms with Gasteiger partial charge in [-0.05, 0) is 26.0 Å². The molecule has 2 aliphatic rings. The second-order valence-corrected chi connectivity index (χ2v) is 8.71. The van der Waals surface area contributed by atoms with Crippen molar-refractivity contribution in [2.24, 2.45) is 0 Å². The van der Waals surface area contributed by atoms with Crippen molar-refractivity contribution in [1.82, 2.24) is 10.2 Å². The van der Waals surface area contributed by atoms with Crippen LogP contribution in [-0.2, 0) is 19.1 Å². The minimum Gasteiger partial charge on any atom is -0.548 e. The smallest absolute Gasteiger partial charge is 0.548 e. The zero-order chi connectivity index (χ0) is 21.6. The zero-order valence-electron chi connectivity index (χ0n) is 17.5. The molecule has 0 radical (unpaired) electrons. The molecule has 0 aromatic heterocycles. The number of amides is 2. The fraction of sp³-hybridized carbons (Fsp3) is 0.526. The molecule has 0 bridgehead atoms. The Labute approximate surface area is 222 Å². The van der Waals surface area contributed by atoms with E-state index in [4.69, 9.17) is 9.84 Å². The summed E-state index contributed by atoms with van der Waals surface area (Å²) >= 11 is 1.35. The fourth-order valence-corrected chi connectivity index (χ4v) is 4.72. The van der Waals surface area contributed by atoms with Gasteiger partial charge in [-0.2, -0.15) is 0 Å². The number of carboxylic acid groups (broad SMARTS) is 1. The Balaban J connectivity index is 0.000000674. The van der Waals surface area contributed by atoms with Crippen molar-refractivity contribution in [3.05, 3.63) is 30.3 Å². The van der Waals surface area contributed by atoms with Gasteiger partial charge >= 0.3 is 51.4 Å². The molecule has 30 heavy (non-hydrogen) atoms. The number of benzene rings is 1. The number of nitrogens with one attached hydrogen (secondary N) is 1. The van der Waals surface area contributed by atoms with Gasteiger partial charge in [0.2, 0.25) is 5.91 Å². The number of carbonyl (C=O) groups excluding carboxylic acids is 3. The van der Waals surface area contributed by atoms with Crippen LogP contribution in [0.1, 0.15) is 13.8 Å². The summed E-state index contributed by atoms with van der Waals surface area (Å²) in [4.78, 5) is 36.8. The number of nitrogens with zero attached hydrogens (tertiary/aromatic N) is 1. The van der Waals surface area contributed by atoms with Crippen LogP contribution >= 0.6 is 11.8 Å². The molecule has 0 saturated carbocycles. The van der Waals surface area contributed by atoms with Gasteiger partial charge in [0.1, 0.15) is 17.2 Å². The monoisotopic (exact) mass is 464 g/mol. The van der Waals surface area contributed by atoms with Crippen LogP contribution in [0.15, 0.2) is 30.3 Å². The Kier molecular flexibility index (Phi) is 11.3. The van der Waals surface area contributed by atoms with Crippen LogP contribution in [0.2, 0.25) is 0 Å².